The first-order chi connectivity index (χ1) is 11.9. The number of ether oxygens (including phenoxy) is 1. The topological polar surface area (TPSA) is 63.4 Å². The molecule has 1 aromatic heterocycles. The van der Waals surface area contributed by atoms with Gasteiger partial charge in [0.2, 0.25) is 0 Å². The number of aliphatic hydroxyl groups excluding tert-OH is 1. The van der Waals surface area contributed by atoms with E-state index in [1.54, 1.807) is 0 Å². The Morgan fingerprint density at radius 2 is 2.21 bits per heavy atom. The summed E-state index contributed by atoms with van der Waals surface area (Å²) in [5.74, 6) is 1.88. The largest absolute Gasteiger partial charge is 0.395 e. The maximum absolute atomic E-state index is 9.58. The number of hydrogen-bond donors (Lipinski definition) is 1. The van der Waals surface area contributed by atoms with Crippen molar-refractivity contribution in [2.75, 3.05) is 19.8 Å². The van der Waals surface area contributed by atoms with E-state index in [1.807, 2.05) is 0 Å². The highest BCUT2D eigenvalue weighted by atomic mass is 16.5. The van der Waals surface area contributed by atoms with Crippen molar-refractivity contribution in [3.8, 4) is 0 Å². The molecule has 4 rings (SSSR count). The first kappa shape index (κ1) is 15.7. The van der Waals surface area contributed by atoms with Crippen LogP contribution in [0.5, 0.6) is 0 Å². The molecule has 0 fully saturated rings. The van der Waals surface area contributed by atoms with E-state index in [1.165, 1.54) is 17.5 Å². The number of hydrogen-bond acceptors (Lipinski definition) is 5. The lowest BCUT2D eigenvalue weighted by Crippen LogP contribution is -2.34. The van der Waals surface area contributed by atoms with Crippen molar-refractivity contribution in [1.29, 1.82) is 0 Å². The summed E-state index contributed by atoms with van der Waals surface area (Å²) in [6.45, 7) is 3.59. The Labute approximate surface area is 142 Å². The van der Waals surface area contributed by atoms with Gasteiger partial charge in [-0.1, -0.05) is 24.3 Å². The maximum Gasteiger partial charge on any atom is 0.159 e. The molecule has 2 aliphatic rings. The summed E-state index contributed by atoms with van der Waals surface area (Å²) in [5, 5.41) is 18.2. The summed E-state index contributed by atoms with van der Waals surface area (Å²) >= 11 is 0. The molecule has 6 nitrogen and oxygen atoms in total. The average molecular weight is 328 g/mol. The quantitative estimate of drug-likeness (QED) is 0.905. The maximum atomic E-state index is 9.58. The number of aliphatic hydroxyl groups is 1. The fourth-order valence-corrected chi connectivity index (χ4v) is 3.94. The van der Waals surface area contributed by atoms with Gasteiger partial charge < -0.3 is 14.4 Å². The fraction of sp³-hybridized carbons (Fsp3) is 0.556. The average Bonchev–Trinajstić information content (AvgIpc) is 3.04. The third-order valence-electron chi connectivity index (χ3n) is 5.10. The van der Waals surface area contributed by atoms with Crippen molar-refractivity contribution >= 4 is 0 Å². The van der Waals surface area contributed by atoms with Gasteiger partial charge in [-0.15, -0.1) is 10.2 Å². The highest BCUT2D eigenvalue weighted by molar-refractivity contribution is 5.32. The van der Waals surface area contributed by atoms with Crippen molar-refractivity contribution in [3.63, 3.8) is 0 Å². The number of aromatic nitrogens is 3. The van der Waals surface area contributed by atoms with Crippen LogP contribution in [0.25, 0.3) is 0 Å². The second-order valence-corrected chi connectivity index (χ2v) is 6.54. The van der Waals surface area contributed by atoms with Crippen LogP contribution < -0.4 is 0 Å². The number of nitrogens with zero attached hydrogens (tertiary/aromatic N) is 4. The van der Waals surface area contributed by atoms with Gasteiger partial charge in [0.25, 0.3) is 0 Å². The summed E-state index contributed by atoms with van der Waals surface area (Å²) < 4.78 is 7.62. The molecule has 0 amide bonds. The molecule has 1 unspecified atom stereocenters. The van der Waals surface area contributed by atoms with Crippen LogP contribution in [0.2, 0.25) is 0 Å². The van der Waals surface area contributed by atoms with Crippen LogP contribution in [0, 0.1) is 0 Å². The molecule has 0 saturated heterocycles. The van der Waals surface area contributed by atoms with E-state index < -0.39 is 0 Å². The van der Waals surface area contributed by atoms with Crippen LogP contribution in [0.4, 0.5) is 0 Å². The third-order valence-corrected chi connectivity index (χ3v) is 5.10. The van der Waals surface area contributed by atoms with Gasteiger partial charge in [0.05, 0.1) is 19.8 Å². The van der Waals surface area contributed by atoms with Gasteiger partial charge in [0.1, 0.15) is 12.4 Å². The first-order valence-corrected chi connectivity index (χ1v) is 8.78. The first-order valence-electron chi connectivity index (χ1n) is 8.78. The number of aryl methyl sites for hydroxylation is 1. The van der Waals surface area contributed by atoms with E-state index in [-0.39, 0.29) is 6.61 Å². The molecule has 0 saturated carbocycles. The molecule has 1 N–H and O–H groups in total. The molecule has 1 atom stereocenters. The Morgan fingerprint density at radius 3 is 3.12 bits per heavy atom. The minimum Gasteiger partial charge on any atom is -0.395 e. The minimum absolute atomic E-state index is 0.156. The number of fused-ring (bicyclic) bond motifs is 2. The van der Waals surface area contributed by atoms with E-state index in [0.717, 1.165) is 31.0 Å². The van der Waals surface area contributed by atoms with E-state index in [0.29, 0.717) is 32.3 Å². The molecular formula is C18H24N4O2. The van der Waals surface area contributed by atoms with E-state index >= 15 is 0 Å². The SMILES string of the molecule is OCCN(Cc1nnc2n1CCOC2)C1CCCc2ccccc21. The second kappa shape index (κ2) is 7.01. The minimum atomic E-state index is 0.156. The lowest BCUT2D eigenvalue weighted by atomic mass is 9.87. The lowest BCUT2D eigenvalue weighted by Gasteiger charge is -2.35. The molecule has 0 spiro atoms. The standard InChI is InChI=1S/C18H24N4O2/c23-10-8-21(12-17-19-20-18-13-24-11-9-22(17)18)16-7-3-5-14-4-1-2-6-15(14)16/h1-2,4,6,16,23H,3,5,7-13H2. The fourth-order valence-electron chi connectivity index (χ4n) is 3.94. The zero-order valence-electron chi connectivity index (χ0n) is 13.9. The molecule has 2 aromatic rings. The van der Waals surface area contributed by atoms with Gasteiger partial charge >= 0.3 is 0 Å². The number of rotatable bonds is 5. The Balaban J connectivity index is 1.60. The van der Waals surface area contributed by atoms with Gasteiger partial charge in [-0.3, -0.25) is 4.90 Å². The lowest BCUT2D eigenvalue weighted by molar-refractivity contribution is 0.0775. The summed E-state index contributed by atoms with van der Waals surface area (Å²) in [5.41, 5.74) is 2.84. The van der Waals surface area contributed by atoms with Crippen molar-refractivity contribution < 1.29 is 9.84 Å². The van der Waals surface area contributed by atoms with E-state index in [9.17, 15) is 5.11 Å². The molecule has 1 aliphatic carbocycles. The van der Waals surface area contributed by atoms with Crippen LogP contribution >= 0.6 is 0 Å². The molecule has 6 heteroatoms. The molecule has 2 heterocycles. The molecular weight excluding hydrogens is 304 g/mol. The van der Waals surface area contributed by atoms with Crippen LogP contribution in [0.1, 0.15) is 41.7 Å². The Morgan fingerprint density at radius 1 is 1.29 bits per heavy atom. The molecule has 0 bridgehead atoms. The Hall–Kier alpha value is -1.76. The predicted octanol–water partition coefficient (Wildman–Crippen LogP) is 1.68. The van der Waals surface area contributed by atoms with Crippen molar-refractivity contribution in [2.24, 2.45) is 0 Å². The normalized spacial score (nSPS) is 20.0. The smallest absolute Gasteiger partial charge is 0.159 e. The molecule has 1 aromatic carbocycles. The zero-order valence-corrected chi connectivity index (χ0v) is 13.9. The van der Waals surface area contributed by atoms with Gasteiger partial charge in [-0.25, -0.2) is 0 Å². The summed E-state index contributed by atoms with van der Waals surface area (Å²) in [6.07, 6.45) is 3.47. The molecule has 1 aliphatic heterocycles. The van der Waals surface area contributed by atoms with Gasteiger partial charge in [0.15, 0.2) is 5.82 Å². The van der Waals surface area contributed by atoms with Crippen molar-refractivity contribution in [1.82, 2.24) is 19.7 Å². The van der Waals surface area contributed by atoms with Crippen LogP contribution in [0.3, 0.4) is 0 Å². The van der Waals surface area contributed by atoms with Crippen LogP contribution in [-0.4, -0.2) is 44.5 Å². The van der Waals surface area contributed by atoms with Gasteiger partial charge in [-0.05, 0) is 30.4 Å². The van der Waals surface area contributed by atoms with Gasteiger partial charge in [0, 0.05) is 19.1 Å². The molecule has 128 valence electrons. The third kappa shape index (κ3) is 2.97. The zero-order chi connectivity index (χ0) is 16.4. The molecule has 0 radical (unpaired) electrons. The van der Waals surface area contributed by atoms with Crippen molar-refractivity contribution in [3.05, 3.63) is 47.0 Å². The summed E-state index contributed by atoms with van der Waals surface area (Å²) in [4.78, 5) is 2.35. The summed E-state index contributed by atoms with van der Waals surface area (Å²) in [6, 6.07) is 9.04. The predicted molar refractivity (Wildman–Crippen MR) is 89.3 cm³/mol. The van der Waals surface area contributed by atoms with Crippen molar-refractivity contribution in [2.45, 2.75) is 45.0 Å². The highest BCUT2D eigenvalue weighted by Gasteiger charge is 2.27. The Bertz CT molecular complexity index is 700. The van der Waals surface area contributed by atoms with Crippen LogP contribution in [0.15, 0.2) is 24.3 Å². The summed E-state index contributed by atoms with van der Waals surface area (Å²) in [7, 11) is 0. The molecule has 24 heavy (non-hydrogen) atoms. The number of benzene rings is 1. The van der Waals surface area contributed by atoms with E-state index in [2.05, 4.69) is 43.9 Å². The Kier molecular flexibility index (Phi) is 4.60. The van der Waals surface area contributed by atoms with Gasteiger partial charge in [-0.2, -0.15) is 0 Å². The van der Waals surface area contributed by atoms with E-state index in [4.69, 9.17) is 4.74 Å². The monoisotopic (exact) mass is 328 g/mol. The highest BCUT2D eigenvalue weighted by Crippen LogP contribution is 2.34. The van der Waals surface area contributed by atoms with Crippen LogP contribution in [-0.2, 0) is 30.9 Å². The second-order valence-electron chi connectivity index (χ2n) is 6.54.